The fraction of sp³-hybridized carbons (Fsp3) is 0. The zero-order chi connectivity index (χ0) is 9.42. The summed E-state index contributed by atoms with van der Waals surface area (Å²) in [6, 6.07) is 8.28. The van der Waals surface area contributed by atoms with Crippen LogP contribution < -0.4 is 0 Å². The third-order valence-corrected chi connectivity index (χ3v) is 2.25. The van der Waals surface area contributed by atoms with Crippen LogP contribution in [0.2, 0.25) is 5.02 Å². The summed E-state index contributed by atoms with van der Waals surface area (Å²) in [5.41, 5.74) is 0. The predicted molar refractivity (Wildman–Crippen MR) is 52.3 cm³/mol. The number of phenols is 2. The average molecular weight is 195 g/mol. The first-order valence-corrected chi connectivity index (χ1v) is 4.16. The number of aromatic hydroxyl groups is 2. The van der Waals surface area contributed by atoms with Crippen molar-refractivity contribution in [1.82, 2.24) is 0 Å². The van der Waals surface area contributed by atoms with Crippen LogP contribution >= 0.6 is 11.6 Å². The Balaban J connectivity index is 2.89. The molecule has 0 unspecified atom stereocenters. The zero-order valence-corrected chi connectivity index (χ0v) is 7.42. The van der Waals surface area contributed by atoms with E-state index >= 15 is 0 Å². The van der Waals surface area contributed by atoms with Crippen LogP contribution in [0.4, 0.5) is 0 Å². The van der Waals surface area contributed by atoms with E-state index in [9.17, 15) is 10.2 Å². The number of rotatable bonds is 0. The summed E-state index contributed by atoms with van der Waals surface area (Å²) in [7, 11) is 0. The Morgan fingerprint density at radius 1 is 1.00 bits per heavy atom. The van der Waals surface area contributed by atoms with Gasteiger partial charge in [0, 0.05) is 10.4 Å². The molecule has 0 aromatic heterocycles. The molecule has 2 N–H and O–H groups in total. The van der Waals surface area contributed by atoms with Crippen molar-refractivity contribution in [2.24, 2.45) is 0 Å². The highest BCUT2D eigenvalue weighted by atomic mass is 35.5. The molecule has 0 saturated heterocycles. The van der Waals surface area contributed by atoms with Gasteiger partial charge in [0.1, 0.15) is 0 Å². The third-order valence-electron chi connectivity index (χ3n) is 1.92. The van der Waals surface area contributed by atoms with Gasteiger partial charge in [-0.3, -0.25) is 0 Å². The number of hydrogen-bond acceptors (Lipinski definition) is 2. The van der Waals surface area contributed by atoms with Crippen LogP contribution in [0.1, 0.15) is 0 Å². The minimum absolute atomic E-state index is 0.130. The second-order valence-electron chi connectivity index (χ2n) is 2.80. The average Bonchev–Trinajstić information content (AvgIpc) is 2.09. The monoisotopic (exact) mass is 194 g/mol. The Morgan fingerprint density at radius 3 is 2.46 bits per heavy atom. The summed E-state index contributed by atoms with van der Waals surface area (Å²) >= 11 is 5.89. The molecule has 3 heteroatoms. The van der Waals surface area contributed by atoms with Crippen molar-refractivity contribution in [3.05, 3.63) is 35.4 Å². The zero-order valence-electron chi connectivity index (χ0n) is 6.66. The summed E-state index contributed by atoms with van der Waals surface area (Å²) in [6.07, 6.45) is 0. The Labute approximate surface area is 80.0 Å². The van der Waals surface area contributed by atoms with Gasteiger partial charge < -0.3 is 10.2 Å². The molecule has 0 fully saturated rings. The van der Waals surface area contributed by atoms with Gasteiger partial charge in [-0.05, 0) is 23.6 Å². The molecule has 0 heterocycles. The molecule has 0 aliphatic heterocycles. The lowest BCUT2D eigenvalue weighted by atomic mass is 10.1. The largest absolute Gasteiger partial charge is 0.504 e. The van der Waals surface area contributed by atoms with Gasteiger partial charge in [-0.15, -0.1) is 0 Å². The lowest BCUT2D eigenvalue weighted by Gasteiger charge is -2.02. The van der Waals surface area contributed by atoms with Crippen molar-refractivity contribution in [2.45, 2.75) is 0 Å². The van der Waals surface area contributed by atoms with Crippen LogP contribution in [0.25, 0.3) is 10.8 Å². The van der Waals surface area contributed by atoms with E-state index in [1.54, 1.807) is 12.1 Å². The van der Waals surface area contributed by atoms with Gasteiger partial charge in [0.25, 0.3) is 0 Å². The molecule has 0 saturated carbocycles. The van der Waals surface area contributed by atoms with Crippen LogP contribution in [0.5, 0.6) is 11.5 Å². The van der Waals surface area contributed by atoms with Crippen molar-refractivity contribution in [3.63, 3.8) is 0 Å². The van der Waals surface area contributed by atoms with E-state index in [0.717, 1.165) is 10.8 Å². The lowest BCUT2D eigenvalue weighted by Crippen LogP contribution is -1.75. The molecule has 2 aromatic rings. The standard InChI is InChI=1S/C10H7ClO2/c11-8-3-1-2-6-4-9(12)10(13)5-7(6)8/h1-5,12-13H. The lowest BCUT2D eigenvalue weighted by molar-refractivity contribution is 0.405. The van der Waals surface area contributed by atoms with Crippen LogP contribution in [-0.4, -0.2) is 10.2 Å². The van der Waals surface area contributed by atoms with Gasteiger partial charge in [0.15, 0.2) is 11.5 Å². The van der Waals surface area contributed by atoms with E-state index in [2.05, 4.69) is 0 Å². The molecule has 0 spiro atoms. The fourth-order valence-corrected chi connectivity index (χ4v) is 1.50. The first-order chi connectivity index (χ1) is 6.18. The highest BCUT2D eigenvalue weighted by Crippen LogP contribution is 2.33. The maximum atomic E-state index is 9.23. The Morgan fingerprint density at radius 2 is 1.69 bits per heavy atom. The summed E-state index contributed by atoms with van der Waals surface area (Å²) in [5, 5.41) is 20.6. The van der Waals surface area contributed by atoms with Crippen LogP contribution in [0.15, 0.2) is 30.3 Å². The third kappa shape index (κ3) is 1.29. The second kappa shape index (κ2) is 2.82. The van der Waals surface area contributed by atoms with Crippen molar-refractivity contribution >= 4 is 22.4 Å². The number of hydrogen-bond donors (Lipinski definition) is 2. The Kier molecular flexibility index (Phi) is 1.78. The predicted octanol–water partition coefficient (Wildman–Crippen LogP) is 2.90. The van der Waals surface area contributed by atoms with Gasteiger partial charge in [-0.1, -0.05) is 23.7 Å². The molecule has 66 valence electrons. The van der Waals surface area contributed by atoms with Gasteiger partial charge in [-0.2, -0.15) is 0 Å². The first kappa shape index (κ1) is 8.20. The van der Waals surface area contributed by atoms with Crippen LogP contribution in [0, 0.1) is 0 Å². The molecule has 2 aromatic carbocycles. The number of phenolic OH excluding ortho intramolecular Hbond substituents is 2. The summed E-state index contributed by atoms with van der Waals surface area (Å²) < 4.78 is 0. The maximum absolute atomic E-state index is 9.23. The quantitative estimate of drug-likeness (QED) is 0.633. The van der Waals surface area contributed by atoms with Crippen LogP contribution in [-0.2, 0) is 0 Å². The van der Waals surface area contributed by atoms with E-state index < -0.39 is 0 Å². The number of benzene rings is 2. The van der Waals surface area contributed by atoms with Gasteiger partial charge in [-0.25, -0.2) is 0 Å². The van der Waals surface area contributed by atoms with Crippen molar-refractivity contribution < 1.29 is 10.2 Å². The van der Waals surface area contributed by atoms with Crippen molar-refractivity contribution in [3.8, 4) is 11.5 Å². The Bertz CT molecular complexity index is 466. The molecule has 0 amide bonds. The molecule has 0 bridgehead atoms. The molecular formula is C10H7ClO2. The van der Waals surface area contributed by atoms with Gasteiger partial charge in [0.2, 0.25) is 0 Å². The van der Waals surface area contributed by atoms with E-state index in [0.29, 0.717) is 5.02 Å². The molecule has 13 heavy (non-hydrogen) atoms. The molecule has 0 aliphatic rings. The number of fused-ring (bicyclic) bond motifs is 1. The van der Waals surface area contributed by atoms with E-state index in [1.807, 2.05) is 6.07 Å². The summed E-state index contributed by atoms with van der Waals surface area (Å²) in [6.45, 7) is 0. The molecule has 2 rings (SSSR count). The van der Waals surface area contributed by atoms with E-state index in [4.69, 9.17) is 11.6 Å². The first-order valence-electron chi connectivity index (χ1n) is 3.78. The maximum Gasteiger partial charge on any atom is 0.158 e. The minimum atomic E-state index is -0.152. The van der Waals surface area contributed by atoms with Crippen molar-refractivity contribution in [2.75, 3.05) is 0 Å². The van der Waals surface area contributed by atoms with E-state index in [-0.39, 0.29) is 11.5 Å². The normalized spacial score (nSPS) is 10.5. The minimum Gasteiger partial charge on any atom is -0.504 e. The molecule has 2 nitrogen and oxygen atoms in total. The molecule has 0 atom stereocenters. The van der Waals surface area contributed by atoms with Crippen molar-refractivity contribution in [1.29, 1.82) is 0 Å². The summed E-state index contributed by atoms with van der Waals surface area (Å²) in [5.74, 6) is -0.282. The number of halogens is 1. The SMILES string of the molecule is Oc1cc2cccc(Cl)c2cc1O. The van der Waals surface area contributed by atoms with Crippen LogP contribution in [0.3, 0.4) is 0 Å². The highest BCUT2D eigenvalue weighted by molar-refractivity contribution is 6.35. The van der Waals surface area contributed by atoms with Gasteiger partial charge >= 0.3 is 0 Å². The molecular weight excluding hydrogens is 188 g/mol. The highest BCUT2D eigenvalue weighted by Gasteiger charge is 2.03. The smallest absolute Gasteiger partial charge is 0.158 e. The second-order valence-corrected chi connectivity index (χ2v) is 3.21. The van der Waals surface area contributed by atoms with E-state index in [1.165, 1.54) is 12.1 Å². The molecule has 0 aliphatic carbocycles. The molecule has 0 radical (unpaired) electrons. The topological polar surface area (TPSA) is 40.5 Å². The Hall–Kier alpha value is -1.41. The van der Waals surface area contributed by atoms with Gasteiger partial charge in [0.05, 0.1) is 0 Å². The summed E-state index contributed by atoms with van der Waals surface area (Å²) in [4.78, 5) is 0. The fourth-order valence-electron chi connectivity index (χ4n) is 1.26.